The van der Waals surface area contributed by atoms with Crippen LogP contribution < -0.4 is 9.62 Å². The summed E-state index contributed by atoms with van der Waals surface area (Å²) in [5, 5.41) is 3.30. The van der Waals surface area contributed by atoms with Gasteiger partial charge in [0.05, 0.1) is 10.6 Å². The Labute approximate surface area is 211 Å². The number of benzene rings is 3. The van der Waals surface area contributed by atoms with Crippen molar-refractivity contribution in [3.63, 3.8) is 0 Å². The van der Waals surface area contributed by atoms with Gasteiger partial charge in [-0.3, -0.25) is 9.10 Å². The molecule has 1 N–H and O–H groups in total. The summed E-state index contributed by atoms with van der Waals surface area (Å²) in [7, 11) is -3.96. The Morgan fingerprint density at radius 3 is 2.26 bits per heavy atom. The number of nitrogens with one attached hydrogen (secondary N) is 1. The predicted molar refractivity (Wildman–Crippen MR) is 141 cm³/mol. The van der Waals surface area contributed by atoms with E-state index in [1.807, 2.05) is 19.9 Å². The number of aryl methyl sites for hydroxylation is 3. The van der Waals surface area contributed by atoms with Gasteiger partial charge in [0.2, 0.25) is 5.91 Å². The molecule has 0 aliphatic carbocycles. The van der Waals surface area contributed by atoms with E-state index in [0.29, 0.717) is 17.3 Å². The lowest BCUT2D eigenvalue weighted by molar-refractivity contribution is -0.119. The molecule has 1 amide bonds. The largest absolute Gasteiger partial charge is 0.354 e. The van der Waals surface area contributed by atoms with Crippen molar-refractivity contribution in [2.75, 3.05) is 23.1 Å². The lowest BCUT2D eigenvalue weighted by Crippen LogP contribution is -2.41. The molecular weight excluding hydrogens is 488 g/mol. The fourth-order valence-electron chi connectivity index (χ4n) is 3.24. The summed E-state index contributed by atoms with van der Waals surface area (Å²) in [6.45, 7) is 6.09. The highest BCUT2D eigenvalue weighted by Crippen LogP contribution is 2.26. The number of carbonyl (C=O) groups is 1. The van der Waals surface area contributed by atoms with Gasteiger partial charge in [-0.15, -0.1) is 11.8 Å². The first-order chi connectivity index (χ1) is 16.2. The number of sulfonamides is 1. The summed E-state index contributed by atoms with van der Waals surface area (Å²) in [6, 6.07) is 19.6. The highest BCUT2D eigenvalue weighted by atomic mass is 35.5. The van der Waals surface area contributed by atoms with Crippen molar-refractivity contribution in [2.24, 2.45) is 0 Å². The SMILES string of the molecule is Cc1ccc(SCCCNC(=O)CN(c2ccc(C)c(C)c2)S(=O)(=O)c2ccc(Cl)cc2)cc1. The fraction of sp³-hybridized carbons (Fsp3) is 0.269. The van der Waals surface area contributed by atoms with Crippen molar-refractivity contribution in [1.82, 2.24) is 5.32 Å². The van der Waals surface area contributed by atoms with Crippen LogP contribution in [0.15, 0.2) is 76.5 Å². The number of hydrogen-bond donors (Lipinski definition) is 1. The second-order valence-corrected chi connectivity index (χ2v) is 11.6. The Bertz CT molecular complexity index is 1230. The van der Waals surface area contributed by atoms with Crippen molar-refractivity contribution in [2.45, 2.75) is 37.0 Å². The van der Waals surface area contributed by atoms with Gasteiger partial charge >= 0.3 is 0 Å². The van der Waals surface area contributed by atoms with Gasteiger partial charge in [-0.25, -0.2) is 8.42 Å². The van der Waals surface area contributed by atoms with E-state index in [0.717, 1.165) is 27.6 Å². The van der Waals surface area contributed by atoms with Crippen LogP contribution in [0.4, 0.5) is 5.69 Å². The molecular formula is C26H29ClN2O3S2. The fourth-order valence-corrected chi connectivity index (χ4v) is 5.63. The maximum atomic E-state index is 13.4. The average molecular weight is 517 g/mol. The first kappa shape index (κ1) is 26.1. The maximum Gasteiger partial charge on any atom is 0.264 e. The molecule has 34 heavy (non-hydrogen) atoms. The van der Waals surface area contributed by atoms with E-state index in [4.69, 9.17) is 11.6 Å². The summed E-state index contributed by atoms with van der Waals surface area (Å²) in [4.78, 5) is 14.0. The molecule has 3 aromatic rings. The zero-order chi connectivity index (χ0) is 24.7. The van der Waals surface area contributed by atoms with Gasteiger partial charge in [-0.05, 0) is 92.6 Å². The zero-order valence-electron chi connectivity index (χ0n) is 19.5. The molecule has 0 aliphatic heterocycles. The standard InChI is InChI=1S/C26H29ClN2O3S2/c1-19-5-11-24(12-6-19)33-16-4-15-28-26(30)18-29(23-10-7-20(2)21(3)17-23)34(31,32)25-13-8-22(27)9-14-25/h5-14,17H,4,15-16,18H2,1-3H3,(H,28,30). The summed E-state index contributed by atoms with van der Waals surface area (Å²) in [6.07, 6.45) is 0.776. The molecule has 0 spiro atoms. The summed E-state index contributed by atoms with van der Waals surface area (Å²) < 4.78 is 28.0. The van der Waals surface area contributed by atoms with Gasteiger partial charge in [0.25, 0.3) is 10.0 Å². The van der Waals surface area contributed by atoms with Crippen molar-refractivity contribution < 1.29 is 13.2 Å². The van der Waals surface area contributed by atoms with E-state index in [2.05, 4.69) is 36.5 Å². The van der Waals surface area contributed by atoms with Gasteiger partial charge in [-0.1, -0.05) is 35.4 Å². The molecule has 0 fully saturated rings. The number of hydrogen-bond acceptors (Lipinski definition) is 4. The van der Waals surface area contributed by atoms with Crippen molar-refractivity contribution in [3.8, 4) is 0 Å². The number of halogens is 1. The van der Waals surface area contributed by atoms with Crippen LogP contribution in [0.1, 0.15) is 23.1 Å². The molecule has 0 radical (unpaired) electrons. The molecule has 3 aromatic carbocycles. The van der Waals surface area contributed by atoms with Crippen molar-refractivity contribution in [1.29, 1.82) is 0 Å². The molecule has 0 aromatic heterocycles. The second kappa shape index (κ2) is 11.8. The second-order valence-electron chi connectivity index (χ2n) is 8.10. The molecule has 0 heterocycles. The van der Waals surface area contributed by atoms with Gasteiger partial charge in [0, 0.05) is 16.5 Å². The van der Waals surface area contributed by atoms with Crippen LogP contribution in [0.2, 0.25) is 5.02 Å². The Morgan fingerprint density at radius 2 is 1.62 bits per heavy atom. The van der Waals surface area contributed by atoms with Crippen LogP contribution in [0.25, 0.3) is 0 Å². The molecule has 8 heteroatoms. The van der Waals surface area contributed by atoms with Crippen molar-refractivity contribution in [3.05, 3.63) is 88.4 Å². The van der Waals surface area contributed by atoms with E-state index in [-0.39, 0.29) is 17.3 Å². The van der Waals surface area contributed by atoms with Gasteiger partial charge in [0.15, 0.2) is 0 Å². The minimum absolute atomic E-state index is 0.0809. The lowest BCUT2D eigenvalue weighted by atomic mass is 10.1. The highest BCUT2D eigenvalue weighted by Gasteiger charge is 2.27. The molecule has 0 aliphatic rings. The van der Waals surface area contributed by atoms with E-state index in [1.54, 1.807) is 23.9 Å². The van der Waals surface area contributed by atoms with Gasteiger partial charge < -0.3 is 5.32 Å². The predicted octanol–water partition coefficient (Wildman–Crippen LogP) is 5.76. The van der Waals surface area contributed by atoms with Crippen molar-refractivity contribution >= 4 is 45.0 Å². The van der Waals surface area contributed by atoms with E-state index >= 15 is 0 Å². The third-order valence-electron chi connectivity index (χ3n) is 5.40. The van der Waals surface area contributed by atoms with E-state index in [1.165, 1.54) is 34.7 Å². The molecule has 5 nitrogen and oxygen atoms in total. The number of carbonyl (C=O) groups excluding carboxylic acids is 1. The van der Waals surface area contributed by atoms with Crippen LogP contribution in [-0.4, -0.2) is 33.2 Å². The van der Waals surface area contributed by atoms with Crippen LogP contribution in [0.3, 0.4) is 0 Å². The average Bonchev–Trinajstić information content (AvgIpc) is 2.80. The molecule has 0 unspecified atom stereocenters. The number of nitrogens with zero attached hydrogens (tertiary/aromatic N) is 1. The van der Waals surface area contributed by atoms with Gasteiger partial charge in [0.1, 0.15) is 6.54 Å². The van der Waals surface area contributed by atoms with E-state index < -0.39 is 10.0 Å². The molecule has 0 bridgehead atoms. The third-order valence-corrected chi connectivity index (χ3v) is 8.54. The summed E-state index contributed by atoms with van der Waals surface area (Å²) in [5.74, 6) is 0.504. The molecule has 180 valence electrons. The smallest absolute Gasteiger partial charge is 0.264 e. The van der Waals surface area contributed by atoms with E-state index in [9.17, 15) is 13.2 Å². The first-order valence-electron chi connectivity index (χ1n) is 11.0. The number of rotatable bonds is 10. The topological polar surface area (TPSA) is 66.5 Å². The third kappa shape index (κ3) is 7.01. The van der Waals surface area contributed by atoms with Crippen LogP contribution in [0.5, 0.6) is 0 Å². The minimum atomic E-state index is -3.96. The monoisotopic (exact) mass is 516 g/mol. The molecule has 0 atom stereocenters. The number of thioether (sulfide) groups is 1. The van der Waals surface area contributed by atoms with Crippen LogP contribution >= 0.6 is 23.4 Å². The number of amides is 1. The Morgan fingerprint density at radius 1 is 0.941 bits per heavy atom. The number of anilines is 1. The normalized spacial score (nSPS) is 11.3. The van der Waals surface area contributed by atoms with Crippen LogP contribution in [0, 0.1) is 20.8 Å². The minimum Gasteiger partial charge on any atom is -0.354 e. The maximum absolute atomic E-state index is 13.4. The molecule has 3 rings (SSSR count). The van der Waals surface area contributed by atoms with Crippen LogP contribution in [-0.2, 0) is 14.8 Å². The lowest BCUT2D eigenvalue weighted by Gasteiger charge is -2.25. The Balaban J connectivity index is 1.67. The summed E-state index contributed by atoms with van der Waals surface area (Å²) >= 11 is 7.66. The zero-order valence-corrected chi connectivity index (χ0v) is 21.9. The molecule has 0 saturated heterocycles. The summed E-state index contributed by atoms with van der Waals surface area (Å²) in [5.41, 5.74) is 3.66. The quantitative estimate of drug-likeness (QED) is 0.275. The molecule has 0 saturated carbocycles. The Hall–Kier alpha value is -2.48. The first-order valence-corrected chi connectivity index (χ1v) is 13.8. The highest BCUT2D eigenvalue weighted by molar-refractivity contribution is 7.99. The Kier molecular flexibility index (Phi) is 9.05. The van der Waals surface area contributed by atoms with Gasteiger partial charge in [-0.2, -0.15) is 0 Å².